The summed E-state index contributed by atoms with van der Waals surface area (Å²) in [5.74, 6) is 1.25. The van der Waals surface area contributed by atoms with Crippen molar-refractivity contribution in [1.29, 1.82) is 0 Å². The van der Waals surface area contributed by atoms with Crippen molar-refractivity contribution in [2.24, 2.45) is 0 Å². The Bertz CT molecular complexity index is 643. The highest BCUT2D eigenvalue weighted by Crippen LogP contribution is 2.25. The highest BCUT2D eigenvalue weighted by atomic mass is 32.1. The Morgan fingerprint density at radius 2 is 2.37 bits per heavy atom. The van der Waals surface area contributed by atoms with Gasteiger partial charge in [0.2, 0.25) is 5.89 Å². The van der Waals surface area contributed by atoms with E-state index in [4.69, 9.17) is 4.52 Å². The Balaban J connectivity index is 1.63. The van der Waals surface area contributed by atoms with E-state index in [9.17, 15) is 0 Å². The number of aromatic amines is 1. The third kappa shape index (κ3) is 2.72. The molecule has 7 heteroatoms. The van der Waals surface area contributed by atoms with E-state index in [0.717, 1.165) is 11.3 Å². The quantitative estimate of drug-likeness (QED) is 0.745. The zero-order valence-corrected chi connectivity index (χ0v) is 11.2. The second kappa shape index (κ2) is 5.33. The Kier molecular flexibility index (Phi) is 3.39. The molecule has 19 heavy (non-hydrogen) atoms. The smallest absolute Gasteiger partial charge is 0.223 e. The van der Waals surface area contributed by atoms with Crippen LogP contribution in [0.1, 0.15) is 17.3 Å². The van der Waals surface area contributed by atoms with E-state index in [2.05, 4.69) is 37.1 Å². The minimum atomic E-state index is 0.576. The van der Waals surface area contributed by atoms with Gasteiger partial charge >= 0.3 is 0 Å². The van der Waals surface area contributed by atoms with Gasteiger partial charge in [-0.2, -0.15) is 10.1 Å². The van der Waals surface area contributed by atoms with Crippen LogP contribution in [-0.2, 0) is 13.1 Å². The van der Waals surface area contributed by atoms with Crippen molar-refractivity contribution in [2.45, 2.75) is 20.0 Å². The molecule has 6 nitrogen and oxygen atoms in total. The second-order valence-corrected chi connectivity index (χ2v) is 5.03. The summed E-state index contributed by atoms with van der Waals surface area (Å²) in [5, 5.41) is 16.3. The molecule has 0 atom stereocenters. The van der Waals surface area contributed by atoms with E-state index in [1.165, 1.54) is 4.88 Å². The van der Waals surface area contributed by atoms with Crippen LogP contribution < -0.4 is 5.32 Å². The summed E-state index contributed by atoms with van der Waals surface area (Å²) in [6, 6.07) is 4.10. The van der Waals surface area contributed by atoms with E-state index in [0.29, 0.717) is 24.8 Å². The number of aromatic nitrogens is 4. The number of hydrogen-bond donors (Lipinski definition) is 2. The van der Waals surface area contributed by atoms with Crippen LogP contribution in [0.3, 0.4) is 0 Å². The summed E-state index contributed by atoms with van der Waals surface area (Å²) >= 11 is 1.69. The minimum Gasteiger partial charge on any atom is -0.340 e. The van der Waals surface area contributed by atoms with Gasteiger partial charge in [0.15, 0.2) is 5.82 Å². The molecule has 0 aromatic carbocycles. The molecule has 0 saturated carbocycles. The van der Waals surface area contributed by atoms with Gasteiger partial charge in [0.1, 0.15) is 0 Å². The third-order valence-corrected chi connectivity index (χ3v) is 3.54. The molecule has 0 radical (unpaired) electrons. The Hall–Kier alpha value is -1.99. The van der Waals surface area contributed by atoms with Crippen molar-refractivity contribution in [2.75, 3.05) is 0 Å². The van der Waals surface area contributed by atoms with Crippen molar-refractivity contribution < 1.29 is 4.52 Å². The maximum atomic E-state index is 4.92. The zero-order chi connectivity index (χ0) is 13.1. The lowest BCUT2D eigenvalue weighted by Crippen LogP contribution is -2.13. The Morgan fingerprint density at radius 3 is 3.11 bits per heavy atom. The monoisotopic (exact) mass is 275 g/mol. The van der Waals surface area contributed by atoms with Gasteiger partial charge < -0.3 is 9.84 Å². The lowest BCUT2D eigenvalue weighted by molar-refractivity contribution is 0.385. The molecule has 98 valence electrons. The molecule has 0 unspecified atom stereocenters. The molecule has 3 rings (SSSR count). The van der Waals surface area contributed by atoms with Gasteiger partial charge in [-0.05, 0) is 11.4 Å². The normalized spacial score (nSPS) is 11.0. The van der Waals surface area contributed by atoms with Gasteiger partial charge in [-0.25, -0.2) is 0 Å². The highest BCUT2D eigenvalue weighted by molar-refractivity contribution is 7.13. The van der Waals surface area contributed by atoms with Gasteiger partial charge in [0, 0.05) is 19.0 Å². The van der Waals surface area contributed by atoms with Gasteiger partial charge in [0.25, 0.3) is 0 Å². The van der Waals surface area contributed by atoms with Crippen LogP contribution in [0, 0.1) is 6.92 Å². The van der Waals surface area contributed by atoms with Crippen molar-refractivity contribution >= 4 is 11.3 Å². The number of rotatable bonds is 5. The first-order chi connectivity index (χ1) is 9.33. The summed E-state index contributed by atoms with van der Waals surface area (Å²) < 4.78 is 4.92. The fourth-order valence-electron chi connectivity index (χ4n) is 1.80. The lowest BCUT2D eigenvalue weighted by atomic mass is 10.2. The van der Waals surface area contributed by atoms with Crippen LogP contribution in [0.25, 0.3) is 10.6 Å². The maximum Gasteiger partial charge on any atom is 0.223 e. The predicted octanol–water partition coefficient (Wildman–Crippen LogP) is 2.12. The van der Waals surface area contributed by atoms with Crippen molar-refractivity contribution in [3.05, 3.63) is 41.0 Å². The first kappa shape index (κ1) is 12.1. The maximum absolute atomic E-state index is 4.92. The van der Waals surface area contributed by atoms with Crippen molar-refractivity contribution in [3.8, 4) is 10.6 Å². The average molecular weight is 275 g/mol. The van der Waals surface area contributed by atoms with Crippen LogP contribution in [0.15, 0.2) is 28.2 Å². The number of nitrogens with one attached hydrogen (secondary N) is 2. The topological polar surface area (TPSA) is 79.6 Å². The molecule has 0 spiro atoms. The van der Waals surface area contributed by atoms with Crippen LogP contribution in [0.4, 0.5) is 0 Å². The first-order valence-corrected chi connectivity index (χ1v) is 6.77. The molecule has 3 heterocycles. The fourth-order valence-corrected chi connectivity index (χ4v) is 2.56. The Morgan fingerprint density at radius 1 is 1.42 bits per heavy atom. The van der Waals surface area contributed by atoms with Crippen LogP contribution >= 0.6 is 11.3 Å². The summed E-state index contributed by atoms with van der Waals surface area (Å²) in [7, 11) is 0. The number of aryl methyl sites for hydroxylation is 1. The zero-order valence-electron chi connectivity index (χ0n) is 10.4. The SMILES string of the molecule is Cc1nc(CNCc2cn[nH]c2-c2cccs2)no1. The van der Waals surface area contributed by atoms with E-state index < -0.39 is 0 Å². The summed E-state index contributed by atoms with van der Waals surface area (Å²) in [4.78, 5) is 5.33. The summed E-state index contributed by atoms with van der Waals surface area (Å²) in [5.41, 5.74) is 2.19. The average Bonchev–Trinajstić information content (AvgIpc) is 3.09. The number of H-pyrrole nitrogens is 1. The number of nitrogens with zero attached hydrogens (tertiary/aromatic N) is 3. The van der Waals surface area contributed by atoms with E-state index in [1.807, 2.05) is 12.3 Å². The number of thiophene rings is 1. The first-order valence-electron chi connectivity index (χ1n) is 5.89. The van der Waals surface area contributed by atoms with Crippen LogP contribution in [-0.4, -0.2) is 20.3 Å². The molecule has 0 bridgehead atoms. The molecule has 2 N–H and O–H groups in total. The van der Waals surface area contributed by atoms with E-state index >= 15 is 0 Å². The lowest BCUT2D eigenvalue weighted by Gasteiger charge is -2.02. The van der Waals surface area contributed by atoms with Crippen molar-refractivity contribution in [1.82, 2.24) is 25.7 Å². The molecule has 0 saturated heterocycles. The molecule has 0 fully saturated rings. The largest absolute Gasteiger partial charge is 0.340 e. The second-order valence-electron chi connectivity index (χ2n) is 4.08. The minimum absolute atomic E-state index is 0.576. The van der Waals surface area contributed by atoms with Gasteiger partial charge in [-0.3, -0.25) is 5.10 Å². The van der Waals surface area contributed by atoms with Crippen molar-refractivity contribution in [3.63, 3.8) is 0 Å². The number of hydrogen-bond acceptors (Lipinski definition) is 6. The molecule has 0 amide bonds. The van der Waals surface area contributed by atoms with Gasteiger partial charge in [-0.1, -0.05) is 11.2 Å². The van der Waals surface area contributed by atoms with E-state index in [1.54, 1.807) is 18.3 Å². The third-order valence-electron chi connectivity index (χ3n) is 2.65. The van der Waals surface area contributed by atoms with Crippen LogP contribution in [0.2, 0.25) is 0 Å². The Labute approximate surface area is 113 Å². The molecule has 0 aliphatic carbocycles. The molecule has 0 aliphatic heterocycles. The molecular formula is C12H13N5OS. The summed E-state index contributed by atoms with van der Waals surface area (Å²) in [6.07, 6.45) is 1.84. The standard InChI is InChI=1S/C12H13N5OS/c1-8-15-11(17-18-8)7-13-5-9-6-14-16-12(9)10-3-2-4-19-10/h2-4,6,13H,5,7H2,1H3,(H,14,16). The highest BCUT2D eigenvalue weighted by Gasteiger charge is 2.08. The van der Waals surface area contributed by atoms with E-state index in [-0.39, 0.29) is 0 Å². The predicted molar refractivity (Wildman–Crippen MR) is 71.5 cm³/mol. The molecular weight excluding hydrogens is 262 g/mol. The molecule has 3 aromatic heterocycles. The molecule has 3 aromatic rings. The summed E-state index contributed by atoms with van der Waals surface area (Å²) in [6.45, 7) is 3.06. The van der Waals surface area contributed by atoms with Gasteiger partial charge in [0.05, 0.1) is 23.3 Å². The van der Waals surface area contributed by atoms with Gasteiger partial charge in [-0.15, -0.1) is 11.3 Å². The fraction of sp³-hybridized carbons (Fsp3) is 0.250. The molecule has 0 aliphatic rings. The van der Waals surface area contributed by atoms with Crippen LogP contribution in [0.5, 0.6) is 0 Å².